The molecule has 1 aromatic carbocycles. The molecular weight excluding hydrogens is 313 g/mol. The summed E-state index contributed by atoms with van der Waals surface area (Å²) in [5, 5.41) is 2.61. The largest absolute Gasteiger partial charge is 0.411 e. The Balaban J connectivity index is 1.90. The van der Waals surface area contributed by atoms with E-state index in [9.17, 15) is 22.8 Å². The third-order valence-electron chi connectivity index (χ3n) is 3.28. The number of nitrogens with one attached hydrogen (secondary N) is 1. The summed E-state index contributed by atoms with van der Waals surface area (Å²) in [6.07, 6.45) is -3.38. The third kappa shape index (κ3) is 5.24. The smallest absolute Gasteiger partial charge is 0.372 e. The Bertz CT molecular complexity index is 575. The minimum atomic E-state index is -4.40. The van der Waals surface area contributed by atoms with Gasteiger partial charge in [-0.15, -0.1) is 0 Å². The van der Waals surface area contributed by atoms with Crippen LogP contribution in [0.4, 0.5) is 24.5 Å². The molecule has 1 saturated heterocycles. The average Bonchev–Trinajstić information content (AvgIpc) is 2.89. The normalized spacial score (nSPS) is 15.1. The van der Waals surface area contributed by atoms with Crippen LogP contribution in [-0.2, 0) is 14.3 Å². The van der Waals surface area contributed by atoms with Gasteiger partial charge in [0.05, 0.1) is 24.4 Å². The van der Waals surface area contributed by atoms with E-state index in [1.165, 1.54) is 0 Å². The van der Waals surface area contributed by atoms with Crippen molar-refractivity contribution in [1.82, 2.24) is 0 Å². The van der Waals surface area contributed by atoms with E-state index in [4.69, 9.17) is 0 Å². The van der Waals surface area contributed by atoms with Gasteiger partial charge in [-0.25, -0.2) is 0 Å². The van der Waals surface area contributed by atoms with Crippen molar-refractivity contribution in [1.29, 1.82) is 0 Å². The van der Waals surface area contributed by atoms with E-state index in [0.29, 0.717) is 24.3 Å². The third-order valence-corrected chi connectivity index (χ3v) is 3.28. The van der Waals surface area contributed by atoms with Crippen molar-refractivity contribution in [2.75, 3.05) is 30.0 Å². The molecule has 2 rings (SSSR count). The Hall–Kier alpha value is -2.09. The number of alkyl halides is 3. The quantitative estimate of drug-likeness (QED) is 0.816. The van der Waals surface area contributed by atoms with Crippen molar-refractivity contribution < 1.29 is 27.5 Å². The number of para-hydroxylation sites is 2. The molecule has 0 spiro atoms. The number of rotatable bonds is 6. The summed E-state index contributed by atoms with van der Waals surface area (Å²) >= 11 is 0. The highest BCUT2D eigenvalue weighted by atomic mass is 19.4. The van der Waals surface area contributed by atoms with Gasteiger partial charge in [0.15, 0.2) is 0 Å². The van der Waals surface area contributed by atoms with Crippen LogP contribution in [0.3, 0.4) is 0 Å². The van der Waals surface area contributed by atoms with Crippen LogP contribution in [0.25, 0.3) is 0 Å². The molecule has 0 aliphatic carbocycles. The minimum absolute atomic E-state index is 0.0137. The summed E-state index contributed by atoms with van der Waals surface area (Å²) in [4.78, 5) is 25.2. The molecule has 0 saturated carbocycles. The summed E-state index contributed by atoms with van der Waals surface area (Å²) in [6, 6.07) is 6.83. The topological polar surface area (TPSA) is 58.6 Å². The van der Waals surface area contributed by atoms with Crippen molar-refractivity contribution in [2.45, 2.75) is 25.4 Å². The maximum absolute atomic E-state index is 11.9. The first kappa shape index (κ1) is 17.3. The van der Waals surface area contributed by atoms with Gasteiger partial charge in [-0.3, -0.25) is 9.59 Å². The van der Waals surface area contributed by atoms with Crippen LogP contribution >= 0.6 is 0 Å². The van der Waals surface area contributed by atoms with E-state index >= 15 is 0 Å². The second kappa shape index (κ2) is 7.45. The second-order valence-electron chi connectivity index (χ2n) is 5.13. The SMILES string of the molecule is O=C(CCOCC(F)(F)F)Nc1ccccc1N1CCCC1=O. The lowest BCUT2D eigenvalue weighted by Crippen LogP contribution is -2.26. The Morgan fingerprint density at radius 1 is 1.30 bits per heavy atom. The van der Waals surface area contributed by atoms with Crippen LogP contribution in [0.15, 0.2) is 24.3 Å². The van der Waals surface area contributed by atoms with Gasteiger partial charge in [0, 0.05) is 13.0 Å². The summed E-state index contributed by atoms with van der Waals surface area (Å²) in [6.45, 7) is -1.12. The van der Waals surface area contributed by atoms with E-state index in [1.54, 1.807) is 29.2 Å². The highest BCUT2D eigenvalue weighted by molar-refractivity contribution is 6.02. The van der Waals surface area contributed by atoms with E-state index in [0.717, 1.165) is 6.42 Å². The standard InChI is InChI=1S/C15H17F3N2O3/c16-15(17,18)10-23-9-7-13(21)19-11-4-1-2-5-12(11)20-8-3-6-14(20)22/h1-2,4-5H,3,6-10H2,(H,19,21). The molecule has 2 amide bonds. The van der Waals surface area contributed by atoms with Crippen molar-refractivity contribution >= 4 is 23.2 Å². The fourth-order valence-corrected chi connectivity index (χ4v) is 2.28. The van der Waals surface area contributed by atoms with Crippen molar-refractivity contribution in [3.63, 3.8) is 0 Å². The van der Waals surface area contributed by atoms with Crippen LogP contribution in [0, 0.1) is 0 Å². The number of carbonyl (C=O) groups is 2. The van der Waals surface area contributed by atoms with Gasteiger partial charge in [0.1, 0.15) is 6.61 Å². The fraction of sp³-hybridized carbons (Fsp3) is 0.467. The van der Waals surface area contributed by atoms with E-state index in [1.807, 2.05) is 0 Å². The zero-order chi connectivity index (χ0) is 16.9. The van der Waals surface area contributed by atoms with E-state index in [2.05, 4.69) is 10.1 Å². The van der Waals surface area contributed by atoms with Crippen molar-refractivity contribution in [3.05, 3.63) is 24.3 Å². The molecule has 1 N–H and O–H groups in total. The predicted molar refractivity (Wildman–Crippen MR) is 78.1 cm³/mol. The maximum atomic E-state index is 11.9. The Morgan fingerprint density at radius 3 is 2.70 bits per heavy atom. The molecule has 0 aromatic heterocycles. The number of nitrogens with zero attached hydrogens (tertiary/aromatic N) is 1. The number of hydrogen-bond acceptors (Lipinski definition) is 3. The Labute approximate surface area is 131 Å². The van der Waals surface area contributed by atoms with Crippen LogP contribution in [0.2, 0.25) is 0 Å². The van der Waals surface area contributed by atoms with Crippen molar-refractivity contribution in [2.24, 2.45) is 0 Å². The number of carbonyl (C=O) groups excluding carboxylic acids is 2. The first-order valence-electron chi connectivity index (χ1n) is 7.20. The lowest BCUT2D eigenvalue weighted by molar-refractivity contribution is -0.174. The Morgan fingerprint density at radius 2 is 2.04 bits per heavy atom. The first-order valence-corrected chi connectivity index (χ1v) is 7.20. The molecule has 5 nitrogen and oxygen atoms in total. The summed E-state index contributed by atoms with van der Waals surface area (Å²) < 4.78 is 40.2. The minimum Gasteiger partial charge on any atom is -0.372 e. The molecule has 1 fully saturated rings. The fourth-order valence-electron chi connectivity index (χ4n) is 2.28. The molecule has 0 radical (unpaired) electrons. The van der Waals surface area contributed by atoms with Gasteiger partial charge >= 0.3 is 6.18 Å². The zero-order valence-electron chi connectivity index (χ0n) is 12.4. The molecule has 1 heterocycles. The highest BCUT2D eigenvalue weighted by Gasteiger charge is 2.27. The molecule has 1 aromatic rings. The van der Waals surface area contributed by atoms with E-state index in [-0.39, 0.29) is 18.9 Å². The van der Waals surface area contributed by atoms with Gasteiger partial charge < -0.3 is 15.0 Å². The molecule has 0 unspecified atom stereocenters. The zero-order valence-corrected chi connectivity index (χ0v) is 12.4. The molecule has 8 heteroatoms. The molecule has 126 valence electrons. The number of amides is 2. The highest BCUT2D eigenvalue weighted by Crippen LogP contribution is 2.29. The molecule has 0 bridgehead atoms. The molecular formula is C15H17F3N2O3. The van der Waals surface area contributed by atoms with Crippen LogP contribution < -0.4 is 10.2 Å². The number of halogens is 3. The summed E-state index contributed by atoms with van der Waals surface area (Å²) in [5.41, 5.74) is 1.06. The average molecular weight is 330 g/mol. The molecule has 1 aliphatic rings. The monoisotopic (exact) mass is 330 g/mol. The van der Waals surface area contributed by atoms with Gasteiger partial charge in [-0.2, -0.15) is 13.2 Å². The van der Waals surface area contributed by atoms with Gasteiger partial charge in [0.25, 0.3) is 0 Å². The van der Waals surface area contributed by atoms with Gasteiger partial charge in [-0.1, -0.05) is 12.1 Å². The number of benzene rings is 1. The predicted octanol–water partition coefficient (Wildman–Crippen LogP) is 2.72. The second-order valence-corrected chi connectivity index (χ2v) is 5.13. The maximum Gasteiger partial charge on any atom is 0.411 e. The first-order chi connectivity index (χ1) is 10.9. The molecule has 0 atom stereocenters. The summed E-state index contributed by atoms with van der Waals surface area (Å²) in [7, 11) is 0. The molecule has 23 heavy (non-hydrogen) atoms. The van der Waals surface area contributed by atoms with Crippen molar-refractivity contribution in [3.8, 4) is 0 Å². The van der Waals surface area contributed by atoms with Gasteiger partial charge in [-0.05, 0) is 18.6 Å². The van der Waals surface area contributed by atoms with Crippen LogP contribution in [-0.4, -0.2) is 37.7 Å². The lowest BCUT2D eigenvalue weighted by atomic mass is 10.2. The number of ether oxygens (including phenoxy) is 1. The number of hydrogen-bond donors (Lipinski definition) is 1. The van der Waals surface area contributed by atoms with Gasteiger partial charge in [0.2, 0.25) is 11.8 Å². The van der Waals surface area contributed by atoms with E-state index < -0.39 is 18.7 Å². The lowest BCUT2D eigenvalue weighted by Gasteiger charge is -2.20. The summed E-state index contributed by atoms with van der Waals surface area (Å²) in [5.74, 6) is -0.480. The Kier molecular flexibility index (Phi) is 5.59. The number of anilines is 2. The molecule has 1 aliphatic heterocycles. The van der Waals surface area contributed by atoms with Crippen LogP contribution in [0.1, 0.15) is 19.3 Å². The van der Waals surface area contributed by atoms with Crippen LogP contribution in [0.5, 0.6) is 0 Å².